The zero-order valence-electron chi connectivity index (χ0n) is 13.4. The molecular formula is C20H17NO4. The lowest BCUT2D eigenvalue weighted by atomic mass is 10.1. The lowest BCUT2D eigenvalue weighted by molar-refractivity contribution is -0.139. The third-order valence-corrected chi connectivity index (χ3v) is 3.80. The third-order valence-electron chi connectivity index (χ3n) is 3.80. The number of ether oxygens (including phenoxy) is 1. The predicted octanol–water partition coefficient (Wildman–Crippen LogP) is 3.62. The van der Waals surface area contributed by atoms with Crippen LogP contribution in [0.4, 0.5) is 4.79 Å². The van der Waals surface area contributed by atoms with E-state index in [0.717, 1.165) is 16.3 Å². The van der Waals surface area contributed by atoms with Crippen LogP contribution in [0.25, 0.3) is 10.8 Å². The first kappa shape index (κ1) is 16.5. The van der Waals surface area contributed by atoms with Gasteiger partial charge in [0.2, 0.25) is 0 Å². The number of rotatable bonds is 5. The van der Waals surface area contributed by atoms with Gasteiger partial charge in [0.15, 0.2) is 0 Å². The normalized spacial score (nSPS) is 11.7. The lowest BCUT2D eigenvalue weighted by Gasteiger charge is -2.14. The molecule has 3 aromatic carbocycles. The fourth-order valence-electron chi connectivity index (χ4n) is 2.56. The van der Waals surface area contributed by atoms with E-state index in [9.17, 15) is 14.7 Å². The maximum absolute atomic E-state index is 12.1. The van der Waals surface area contributed by atoms with Crippen LogP contribution in [-0.2, 0) is 11.2 Å². The maximum Gasteiger partial charge on any atom is 0.413 e. The number of carboxylic acids is 1. The molecule has 5 heteroatoms. The van der Waals surface area contributed by atoms with E-state index in [1.54, 1.807) is 12.1 Å². The van der Waals surface area contributed by atoms with Crippen LogP contribution in [0, 0.1) is 0 Å². The number of carbonyl (C=O) groups is 2. The summed E-state index contributed by atoms with van der Waals surface area (Å²) in [6, 6.07) is 21.0. The molecule has 0 aromatic heterocycles. The van der Waals surface area contributed by atoms with Crippen LogP contribution in [0.3, 0.4) is 0 Å². The van der Waals surface area contributed by atoms with E-state index in [1.165, 1.54) is 0 Å². The number of carboxylic acid groups (broad SMARTS) is 1. The van der Waals surface area contributed by atoms with Crippen LogP contribution in [0.1, 0.15) is 5.56 Å². The minimum Gasteiger partial charge on any atom is -0.480 e. The average Bonchev–Trinajstić information content (AvgIpc) is 2.62. The first-order chi connectivity index (χ1) is 12.1. The number of fused-ring (bicyclic) bond motifs is 1. The molecule has 0 bridgehead atoms. The van der Waals surface area contributed by atoms with Crippen molar-refractivity contribution in [2.75, 3.05) is 0 Å². The molecule has 0 fully saturated rings. The highest BCUT2D eigenvalue weighted by Gasteiger charge is 2.21. The minimum absolute atomic E-state index is 0.184. The Bertz CT molecular complexity index is 892. The molecule has 0 heterocycles. The van der Waals surface area contributed by atoms with E-state index < -0.39 is 18.1 Å². The van der Waals surface area contributed by atoms with Gasteiger partial charge in [-0.2, -0.15) is 0 Å². The molecule has 1 atom stereocenters. The summed E-state index contributed by atoms with van der Waals surface area (Å²) >= 11 is 0. The molecule has 0 aliphatic heterocycles. The molecule has 0 radical (unpaired) electrons. The number of hydrogen-bond donors (Lipinski definition) is 2. The summed E-state index contributed by atoms with van der Waals surface area (Å²) in [5, 5.41) is 13.7. The number of hydrogen-bond acceptors (Lipinski definition) is 3. The largest absolute Gasteiger partial charge is 0.480 e. The van der Waals surface area contributed by atoms with Crippen molar-refractivity contribution in [3.05, 3.63) is 78.4 Å². The SMILES string of the molecule is O=C(N[C@H](Cc1ccccc1)C(=O)O)Oc1ccc2ccccc2c1. The molecule has 1 amide bonds. The van der Waals surface area contributed by atoms with Crippen LogP contribution in [0.5, 0.6) is 5.75 Å². The number of nitrogens with one attached hydrogen (secondary N) is 1. The molecule has 0 unspecified atom stereocenters. The summed E-state index contributed by atoms with van der Waals surface area (Å²) in [5.41, 5.74) is 0.820. The summed E-state index contributed by atoms with van der Waals surface area (Å²) in [7, 11) is 0. The zero-order valence-corrected chi connectivity index (χ0v) is 13.4. The van der Waals surface area contributed by atoms with E-state index in [0.29, 0.717) is 5.75 Å². The lowest BCUT2D eigenvalue weighted by Crippen LogP contribution is -2.43. The summed E-state index contributed by atoms with van der Waals surface area (Å²) in [6.45, 7) is 0. The van der Waals surface area contributed by atoms with Crippen molar-refractivity contribution in [2.45, 2.75) is 12.5 Å². The van der Waals surface area contributed by atoms with Gasteiger partial charge in [0.1, 0.15) is 11.8 Å². The molecule has 0 aliphatic rings. The second-order valence-electron chi connectivity index (χ2n) is 5.62. The highest BCUT2D eigenvalue weighted by atomic mass is 16.6. The van der Waals surface area contributed by atoms with E-state index >= 15 is 0 Å². The van der Waals surface area contributed by atoms with Gasteiger partial charge in [-0.1, -0.05) is 60.7 Å². The summed E-state index contributed by atoms with van der Waals surface area (Å²) in [5.74, 6) is -0.751. The van der Waals surface area contributed by atoms with Crippen molar-refractivity contribution in [1.82, 2.24) is 5.32 Å². The van der Waals surface area contributed by atoms with E-state index in [2.05, 4.69) is 5.32 Å². The second kappa shape index (κ2) is 7.49. The van der Waals surface area contributed by atoms with Crippen LogP contribution >= 0.6 is 0 Å². The van der Waals surface area contributed by atoms with Crippen molar-refractivity contribution in [1.29, 1.82) is 0 Å². The molecule has 5 nitrogen and oxygen atoms in total. The third kappa shape index (κ3) is 4.35. The van der Waals surface area contributed by atoms with Gasteiger partial charge >= 0.3 is 12.1 Å². The quantitative estimate of drug-likeness (QED) is 0.747. The molecule has 2 N–H and O–H groups in total. The molecule has 126 valence electrons. The van der Waals surface area contributed by atoms with E-state index in [4.69, 9.17) is 4.74 Å². The fraction of sp³-hybridized carbons (Fsp3) is 0.100. The van der Waals surface area contributed by atoms with Gasteiger partial charge in [-0.3, -0.25) is 0 Å². The standard InChI is InChI=1S/C20H17NO4/c22-19(23)18(12-14-6-2-1-3-7-14)21-20(24)25-17-11-10-15-8-4-5-9-16(15)13-17/h1-11,13,18H,12H2,(H,21,24)(H,22,23)/t18-/m1/s1. The topological polar surface area (TPSA) is 75.6 Å². The van der Waals surface area contributed by atoms with Crippen molar-refractivity contribution in [2.24, 2.45) is 0 Å². The average molecular weight is 335 g/mol. The minimum atomic E-state index is -1.11. The van der Waals surface area contributed by atoms with Gasteiger partial charge < -0.3 is 15.2 Å². The summed E-state index contributed by atoms with van der Waals surface area (Å²) in [6.07, 6.45) is -0.609. The van der Waals surface area contributed by atoms with Crippen molar-refractivity contribution >= 4 is 22.8 Å². The first-order valence-corrected chi connectivity index (χ1v) is 7.86. The number of carbonyl (C=O) groups excluding carboxylic acids is 1. The van der Waals surface area contributed by atoms with Crippen LogP contribution in [0.2, 0.25) is 0 Å². The first-order valence-electron chi connectivity index (χ1n) is 7.86. The molecule has 0 spiro atoms. The Labute approximate surface area is 144 Å². The summed E-state index contributed by atoms with van der Waals surface area (Å²) < 4.78 is 5.23. The number of aliphatic carboxylic acids is 1. The second-order valence-corrected chi connectivity index (χ2v) is 5.62. The van der Waals surface area contributed by atoms with Gasteiger partial charge in [0.25, 0.3) is 0 Å². The number of benzene rings is 3. The summed E-state index contributed by atoms with van der Waals surface area (Å²) in [4.78, 5) is 23.5. The van der Waals surface area contributed by atoms with Crippen LogP contribution < -0.4 is 10.1 Å². The van der Waals surface area contributed by atoms with Gasteiger partial charge in [-0.15, -0.1) is 0 Å². The Kier molecular flexibility index (Phi) is 4.95. The zero-order chi connectivity index (χ0) is 17.6. The van der Waals surface area contributed by atoms with E-state index in [1.807, 2.05) is 60.7 Å². The Balaban J connectivity index is 1.67. The highest BCUT2D eigenvalue weighted by molar-refractivity contribution is 5.85. The van der Waals surface area contributed by atoms with Gasteiger partial charge in [-0.05, 0) is 28.5 Å². The van der Waals surface area contributed by atoms with Crippen LogP contribution in [0.15, 0.2) is 72.8 Å². The number of amides is 1. The Morgan fingerprint density at radius 1 is 0.920 bits per heavy atom. The van der Waals surface area contributed by atoms with Crippen molar-refractivity contribution in [3.8, 4) is 5.75 Å². The molecule has 3 rings (SSSR count). The van der Waals surface area contributed by atoms with Gasteiger partial charge in [0.05, 0.1) is 0 Å². The smallest absolute Gasteiger partial charge is 0.413 e. The van der Waals surface area contributed by atoms with E-state index in [-0.39, 0.29) is 6.42 Å². The van der Waals surface area contributed by atoms with Crippen LogP contribution in [-0.4, -0.2) is 23.2 Å². The van der Waals surface area contributed by atoms with Gasteiger partial charge in [-0.25, -0.2) is 9.59 Å². The van der Waals surface area contributed by atoms with Gasteiger partial charge in [0, 0.05) is 6.42 Å². The molecule has 0 saturated heterocycles. The molecule has 0 saturated carbocycles. The highest BCUT2D eigenvalue weighted by Crippen LogP contribution is 2.20. The van der Waals surface area contributed by atoms with Crippen molar-refractivity contribution < 1.29 is 19.4 Å². The maximum atomic E-state index is 12.1. The molecule has 0 aliphatic carbocycles. The Hall–Kier alpha value is -3.34. The molecular weight excluding hydrogens is 318 g/mol. The molecule has 3 aromatic rings. The Morgan fingerprint density at radius 2 is 1.60 bits per heavy atom. The predicted molar refractivity (Wildman–Crippen MR) is 94.7 cm³/mol. The fourth-order valence-corrected chi connectivity index (χ4v) is 2.56. The monoisotopic (exact) mass is 335 g/mol. The Morgan fingerprint density at radius 3 is 2.32 bits per heavy atom. The van der Waals surface area contributed by atoms with Crippen molar-refractivity contribution in [3.63, 3.8) is 0 Å². The molecule has 25 heavy (non-hydrogen) atoms.